The van der Waals surface area contributed by atoms with Crippen molar-refractivity contribution in [3.8, 4) is 11.4 Å². The second-order valence-corrected chi connectivity index (χ2v) is 6.92. The van der Waals surface area contributed by atoms with Crippen LogP contribution >= 0.6 is 0 Å². The number of pyridine rings is 1. The highest BCUT2D eigenvalue weighted by molar-refractivity contribution is 6.10. The van der Waals surface area contributed by atoms with Gasteiger partial charge in [-0.1, -0.05) is 24.3 Å². The largest absolute Gasteiger partial charge is 0.416 e. The summed E-state index contributed by atoms with van der Waals surface area (Å²) in [5.41, 5.74) is 1.37. The summed E-state index contributed by atoms with van der Waals surface area (Å²) in [7, 11) is 0. The summed E-state index contributed by atoms with van der Waals surface area (Å²) in [5.74, 6) is -0.392. The smallest absolute Gasteiger partial charge is 0.334 e. The first-order chi connectivity index (χ1) is 13.9. The van der Waals surface area contributed by atoms with Gasteiger partial charge in [0.05, 0.1) is 22.5 Å². The van der Waals surface area contributed by atoms with Crippen LogP contribution in [0.25, 0.3) is 22.3 Å². The third-order valence-corrected chi connectivity index (χ3v) is 5.22. The molecule has 1 aliphatic rings. The summed E-state index contributed by atoms with van der Waals surface area (Å²) in [6.45, 7) is 0.222. The van der Waals surface area contributed by atoms with Gasteiger partial charge in [-0.05, 0) is 42.0 Å². The molecule has 0 saturated heterocycles. The number of alkyl halides is 3. The Balaban J connectivity index is 1.75. The van der Waals surface area contributed by atoms with Crippen LogP contribution in [0.3, 0.4) is 0 Å². The number of hydrogen-bond acceptors (Lipinski definition) is 2. The maximum atomic E-state index is 13.0. The zero-order valence-electron chi connectivity index (χ0n) is 14.9. The van der Waals surface area contributed by atoms with Crippen LogP contribution in [-0.4, -0.2) is 15.0 Å². The summed E-state index contributed by atoms with van der Waals surface area (Å²) in [6, 6.07) is 15.3. The van der Waals surface area contributed by atoms with Crippen LogP contribution in [0.5, 0.6) is 0 Å². The molecule has 0 amide bonds. The van der Waals surface area contributed by atoms with Gasteiger partial charge in [0.1, 0.15) is 5.56 Å². The molecule has 0 fully saturated rings. The van der Waals surface area contributed by atoms with Crippen LogP contribution < -0.4 is 5.43 Å². The lowest BCUT2D eigenvalue weighted by Crippen LogP contribution is -2.20. The van der Waals surface area contributed by atoms with E-state index >= 15 is 0 Å². The highest BCUT2D eigenvalue weighted by atomic mass is 19.4. The van der Waals surface area contributed by atoms with E-state index in [1.54, 1.807) is 42.6 Å². The molecule has 0 saturated carbocycles. The van der Waals surface area contributed by atoms with Gasteiger partial charge in [-0.15, -0.1) is 0 Å². The number of nitrogens with zero attached hydrogens (tertiary/aromatic N) is 2. The zero-order valence-corrected chi connectivity index (χ0v) is 14.9. The molecule has 0 bridgehead atoms. The van der Waals surface area contributed by atoms with Crippen LogP contribution in [0.1, 0.15) is 21.5 Å². The van der Waals surface area contributed by atoms with Crippen LogP contribution in [-0.2, 0) is 12.7 Å². The van der Waals surface area contributed by atoms with E-state index in [4.69, 9.17) is 0 Å². The quantitative estimate of drug-likeness (QED) is 0.441. The van der Waals surface area contributed by atoms with Crippen molar-refractivity contribution in [2.24, 2.45) is 0 Å². The van der Waals surface area contributed by atoms with E-state index in [0.29, 0.717) is 27.9 Å². The standard InChI is InChI=1S/C22H13F3N2O2/c23-22(24,25)14-9-7-13(8-10-14)12-27-16-5-2-1-4-15(16)20(28)18-19(27)17-6-3-11-26(17)21(18)29/h1-11H,12H2. The second-order valence-electron chi connectivity index (χ2n) is 6.92. The summed E-state index contributed by atoms with van der Waals surface area (Å²) in [6.07, 6.45) is -2.80. The van der Waals surface area contributed by atoms with Gasteiger partial charge in [0.25, 0.3) is 5.91 Å². The van der Waals surface area contributed by atoms with E-state index < -0.39 is 17.6 Å². The molecular weight excluding hydrogens is 381 g/mol. The van der Waals surface area contributed by atoms with Gasteiger partial charge < -0.3 is 4.57 Å². The molecule has 144 valence electrons. The fourth-order valence-corrected chi connectivity index (χ4v) is 3.88. The maximum Gasteiger partial charge on any atom is 0.416 e. The lowest BCUT2D eigenvalue weighted by Gasteiger charge is -2.17. The number of hydrogen-bond donors (Lipinski definition) is 0. The summed E-state index contributed by atoms with van der Waals surface area (Å²) >= 11 is 0. The molecule has 7 heteroatoms. The summed E-state index contributed by atoms with van der Waals surface area (Å²) in [5, 5.41) is 0.400. The molecule has 0 N–H and O–H groups in total. The molecule has 0 spiro atoms. The minimum atomic E-state index is -4.41. The third kappa shape index (κ3) is 2.54. The van der Waals surface area contributed by atoms with E-state index in [1.807, 2.05) is 4.57 Å². The molecule has 0 radical (unpaired) electrons. The first kappa shape index (κ1) is 17.5. The molecule has 3 heterocycles. The van der Waals surface area contributed by atoms with Gasteiger partial charge >= 0.3 is 6.18 Å². The average Bonchev–Trinajstić information content (AvgIpc) is 3.28. The van der Waals surface area contributed by atoms with Crippen molar-refractivity contribution in [3.05, 3.63) is 93.8 Å². The summed E-state index contributed by atoms with van der Waals surface area (Å²) < 4.78 is 41.9. The minimum Gasteiger partial charge on any atom is -0.334 e. The van der Waals surface area contributed by atoms with Crippen molar-refractivity contribution < 1.29 is 18.0 Å². The molecule has 4 aromatic rings. The maximum absolute atomic E-state index is 13.0. The van der Waals surface area contributed by atoms with Crippen LogP contribution in [0, 0.1) is 0 Å². The summed E-state index contributed by atoms with van der Waals surface area (Å²) in [4.78, 5) is 25.8. The molecule has 0 unspecified atom stereocenters. The van der Waals surface area contributed by atoms with Gasteiger partial charge in [0, 0.05) is 18.1 Å². The molecular formula is C22H13F3N2O2. The normalized spacial score (nSPS) is 13.0. The van der Waals surface area contributed by atoms with Crippen LogP contribution in [0.2, 0.25) is 0 Å². The topological polar surface area (TPSA) is 44.0 Å². The van der Waals surface area contributed by atoms with Crippen molar-refractivity contribution in [3.63, 3.8) is 0 Å². The SMILES string of the molecule is O=C1c2c(n(Cc3ccc(C(F)(F)F)cc3)c3ccccc3c2=O)-c2cccn21. The van der Waals surface area contributed by atoms with Crippen molar-refractivity contribution in [2.45, 2.75) is 12.7 Å². The molecule has 2 aromatic heterocycles. The predicted octanol–water partition coefficient (Wildman–Crippen LogP) is 4.54. The van der Waals surface area contributed by atoms with E-state index in [1.165, 1.54) is 16.7 Å². The van der Waals surface area contributed by atoms with Crippen LogP contribution in [0.15, 0.2) is 71.7 Å². The number of rotatable bonds is 2. The van der Waals surface area contributed by atoms with Gasteiger partial charge in [-0.3, -0.25) is 14.2 Å². The molecule has 1 aliphatic heterocycles. The number of para-hydroxylation sites is 1. The van der Waals surface area contributed by atoms with Crippen molar-refractivity contribution in [2.75, 3.05) is 0 Å². The molecule has 0 atom stereocenters. The van der Waals surface area contributed by atoms with Gasteiger partial charge in [0.15, 0.2) is 0 Å². The first-order valence-electron chi connectivity index (χ1n) is 8.90. The fourth-order valence-electron chi connectivity index (χ4n) is 3.88. The van der Waals surface area contributed by atoms with Gasteiger partial charge in [-0.2, -0.15) is 13.2 Å². The Morgan fingerprint density at radius 3 is 2.31 bits per heavy atom. The van der Waals surface area contributed by atoms with E-state index in [2.05, 4.69) is 0 Å². The van der Waals surface area contributed by atoms with Crippen molar-refractivity contribution in [1.29, 1.82) is 0 Å². The number of benzene rings is 2. The molecule has 4 nitrogen and oxygen atoms in total. The Bertz CT molecular complexity index is 1350. The Morgan fingerprint density at radius 1 is 0.862 bits per heavy atom. The average molecular weight is 394 g/mol. The molecule has 2 aromatic carbocycles. The fraction of sp³-hybridized carbons (Fsp3) is 0.0909. The third-order valence-electron chi connectivity index (χ3n) is 5.22. The minimum absolute atomic E-state index is 0.0891. The zero-order chi connectivity index (χ0) is 20.3. The second kappa shape index (κ2) is 5.94. The molecule has 5 rings (SSSR count). The lowest BCUT2D eigenvalue weighted by molar-refractivity contribution is -0.137. The molecule has 29 heavy (non-hydrogen) atoms. The monoisotopic (exact) mass is 394 g/mol. The van der Waals surface area contributed by atoms with Gasteiger partial charge in [0.2, 0.25) is 5.43 Å². The lowest BCUT2D eigenvalue weighted by atomic mass is 10.1. The number of carbonyl (C=O) groups excluding carboxylic acids is 1. The Hall–Kier alpha value is -3.61. The number of fused-ring (bicyclic) bond motifs is 4. The van der Waals surface area contributed by atoms with Crippen LogP contribution in [0.4, 0.5) is 13.2 Å². The first-order valence-corrected chi connectivity index (χ1v) is 8.90. The highest BCUT2D eigenvalue weighted by Gasteiger charge is 2.33. The number of carbonyl (C=O) groups is 1. The predicted molar refractivity (Wildman–Crippen MR) is 102 cm³/mol. The number of halogens is 3. The molecule has 0 aliphatic carbocycles. The van der Waals surface area contributed by atoms with E-state index in [0.717, 1.165) is 12.1 Å². The highest BCUT2D eigenvalue weighted by Crippen LogP contribution is 2.34. The van der Waals surface area contributed by atoms with E-state index in [-0.39, 0.29) is 17.5 Å². The van der Waals surface area contributed by atoms with E-state index in [9.17, 15) is 22.8 Å². The number of aromatic nitrogens is 2. The van der Waals surface area contributed by atoms with Crippen molar-refractivity contribution >= 4 is 16.8 Å². The Kier molecular flexibility index (Phi) is 3.58. The Labute approximate surface area is 162 Å². The Morgan fingerprint density at radius 2 is 1.59 bits per heavy atom. The van der Waals surface area contributed by atoms with Gasteiger partial charge in [-0.25, -0.2) is 0 Å². The van der Waals surface area contributed by atoms with Crippen molar-refractivity contribution in [1.82, 2.24) is 9.13 Å².